The monoisotopic (exact) mass is 232 g/mol. The second-order valence-electron chi connectivity index (χ2n) is 4.86. The molecule has 0 aliphatic carbocycles. The molecule has 0 saturated carbocycles. The number of amides is 1. The standard InChI is InChI=1S/C13H16N2O2/c1-13(2,14)7-12(16)15-10-8-17-11-6-4-3-5-9(10)11/h3-6,8H,7,14H2,1-2H3,(H,15,16). The summed E-state index contributed by atoms with van der Waals surface area (Å²) in [7, 11) is 0. The number of carbonyl (C=O) groups excluding carboxylic acids is 1. The Balaban J connectivity index is 2.16. The molecular weight excluding hydrogens is 216 g/mol. The largest absolute Gasteiger partial charge is 0.462 e. The molecule has 1 aromatic heterocycles. The van der Waals surface area contributed by atoms with Crippen molar-refractivity contribution < 1.29 is 9.21 Å². The Morgan fingerprint density at radius 3 is 2.82 bits per heavy atom. The minimum Gasteiger partial charge on any atom is -0.462 e. The quantitative estimate of drug-likeness (QED) is 0.854. The molecule has 3 N–H and O–H groups in total. The van der Waals surface area contributed by atoms with Gasteiger partial charge in [0.2, 0.25) is 5.91 Å². The van der Waals surface area contributed by atoms with E-state index in [1.165, 1.54) is 0 Å². The molecule has 0 saturated heterocycles. The fourth-order valence-corrected chi connectivity index (χ4v) is 1.68. The molecule has 17 heavy (non-hydrogen) atoms. The van der Waals surface area contributed by atoms with Crippen LogP contribution >= 0.6 is 0 Å². The minimum absolute atomic E-state index is 0.107. The molecular formula is C13H16N2O2. The van der Waals surface area contributed by atoms with Crippen LogP contribution in [0.3, 0.4) is 0 Å². The zero-order valence-electron chi connectivity index (χ0n) is 9.99. The highest BCUT2D eigenvalue weighted by molar-refractivity contribution is 6.00. The van der Waals surface area contributed by atoms with E-state index in [0.717, 1.165) is 11.0 Å². The lowest BCUT2D eigenvalue weighted by molar-refractivity contribution is -0.117. The SMILES string of the molecule is CC(C)(N)CC(=O)Nc1coc2ccccc12. The highest BCUT2D eigenvalue weighted by atomic mass is 16.3. The third kappa shape index (κ3) is 2.85. The highest BCUT2D eigenvalue weighted by Gasteiger charge is 2.17. The summed E-state index contributed by atoms with van der Waals surface area (Å²) < 4.78 is 5.33. The maximum Gasteiger partial charge on any atom is 0.226 e. The summed E-state index contributed by atoms with van der Waals surface area (Å²) in [6, 6.07) is 7.56. The summed E-state index contributed by atoms with van der Waals surface area (Å²) in [5.41, 5.74) is 6.73. The lowest BCUT2D eigenvalue weighted by Gasteiger charge is -2.17. The summed E-state index contributed by atoms with van der Waals surface area (Å²) in [6.45, 7) is 3.64. The van der Waals surface area contributed by atoms with E-state index < -0.39 is 5.54 Å². The van der Waals surface area contributed by atoms with Crippen molar-refractivity contribution in [1.29, 1.82) is 0 Å². The Morgan fingerprint density at radius 2 is 2.12 bits per heavy atom. The van der Waals surface area contributed by atoms with Crippen molar-refractivity contribution in [2.24, 2.45) is 5.73 Å². The van der Waals surface area contributed by atoms with Gasteiger partial charge in [-0.05, 0) is 26.0 Å². The number of para-hydroxylation sites is 1. The van der Waals surface area contributed by atoms with Crippen LogP contribution < -0.4 is 11.1 Å². The molecule has 2 rings (SSSR count). The fourth-order valence-electron chi connectivity index (χ4n) is 1.68. The molecule has 0 unspecified atom stereocenters. The highest BCUT2D eigenvalue weighted by Crippen LogP contribution is 2.25. The van der Waals surface area contributed by atoms with E-state index >= 15 is 0 Å². The lowest BCUT2D eigenvalue weighted by atomic mass is 10.0. The minimum atomic E-state index is -0.510. The van der Waals surface area contributed by atoms with Crippen LogP contribution in [0.4, 0.5) is 5.69 Å². The summed E-state index contributed by atoms with van der Waals surface area (Å²) in [5.74, 6) is -0.107. The number of hydrogen-bond acceptors (Lipinski definition) is 3. The van der Waals surface area contributed by atoms with E-state index in [9.17, 15) is 4.79 Å². The van der Waals surface area contributed by atoms with Crippen LogP contribution in [0.1, 0.15) is 20.3 Å². The number of furan rings is 1. The van der Waals surface area contributed by atoms with Gasteiger partial charge in [-0.3, -0.25) is 4.79 Å². The maximum atomic E-state index is 11.7. The molecule has 0 aliphatic heterocycles. The Hall–Kier alpha value is -1.81. The van der Waals surface area contributed by atoms with E-state index in [1.807, 2.05) is 38.1 Å². The van der Waals surface area contributed by atoms with Crippen molar-refractivity contribution in [1.82, 2.24) is 0 Å². The topological polar surface area (TPSA) is 68.3 Å². The van der Waals surface area contributed by atoms with Crippen LogP contribution in [-0.2, 0) is 4.79 Å². The Bertz CT molecular complexity index is 538. The fraction of sp³-hybridized carbons (Fsp3) is 0.308. The van der Waals surface area contributed by atoms with Gasteiger partial charge in [0.1, 0.15) is 11.8 Å². The van der Waals surface area contributed by atoms with Gasteiger partial charge in [0, 0.05) is 17.3 Å². The van der Waals surface area contributed by atoms with Crippen molar-refractivity contribution in [3.8, 4) is 0 Å². The second kappa shape index (κ2) is 4.22. The van der Waals surface area contributed by atoms with E-state index in [4.69, 9.17) is 10.2 Å². The van der Waals surface area contributed by atoms with Crippen molar-refractivity contribution in [3.63, 3.8) is 0 Å². The number of carbonyl (C=O) groups is 1. The van der Waals surface area contributed by atoms with E-state index in [0.29, 0.717) is 5.69 Å². The van der Waals surface area contributed by atoms with Gasteiger partial charge in [-0.2, -0.15) is 0 Å². The molecule has 90 valence electrons. The van der Waals surface area contributed by atoms with Gasteiger partial charge in [0.15, 0.2) is 0 Å². The second-order valence-corrected chi connectivity index (χ2v) is 4.86. The first-order valence-electron chi connectivity index (χ1n) is 5.51. The molecule has 0 radical (unpaired) electrons. The number of rotatable bonds is 3. The third-order valence-electron chi connectivity index (χ3n) is 2.37. The van der Waals surface area contributed by atoms with Crippen LogP contribution in [-0.4, -0.2) is 11.4 Å². The summed E-state index contributed by atoms with van der Waals surface area (Å²) in [5, 5.41) is 3.71. The van der Waals surface area contributed by atoms with Crippen molar-refractivity contribution >= 4 is 22.6 Å². The van der Waals surface area contributed by atoms with E-state index in [2.05, 4.69) is 5.32 Å². The average molecular weight is 232 g/mol. The van der Waals surface area contributed by atoms with Crippen molar-refractivity contribution in [2.75, 3.05) is 5.32 Å². The molecule has 4 heteroatoms. The van der Waals surface area contributed by atoms with Crippen LogP contribution in [0.25, 0.3) is 11.0 Å². The van der Waals surface area contributed by atoms with Crippen LogP contribution in [0.5, 0.6) is 0 Å². The molecule has 1 aromatic carbocycles. The Morgan fingerprint density at radius 1 is 1.41 bits per heavy atom. The summed E-state index contributed by atoms with van der Waals surface area (Å²) >= 11 is 0. The first kappa shape index (κ1) is 11.7. The van der Waals surface area contributed by atoms with Gasteiger partial charge < -0.3 is 15.5 Å². The molecule has 0 bridgehead atoms. The number of benzene rings is 1. The smallest absolute Gasteiger partial charge is 0.226 e. The van der Waals surface area contributed by atoms with E-state index in [1.54, 1.807) is 6.26 Å². The number of fused-ring (bicyclic) bond motifs is 1. The zero-order valence-corrected chi connectivity index (χ0v) is 9.99. The lowest BCUT2D eigenvalue weighted by Crippen LogP contribution is -2.36. The molecule has 0 spiro atoms. The molecule has 1 amide bonds. The molecule has 0 aliphatic rings. The molecule has 2 aromatic rings. The van der Waals surface area contributed by atoms with Crippen molar-refractivity contribution in [2.45, 2.75) is 25.8 Å². The third-order valence-corrected chi connectivity index (χ3v) is 2.37. The number of hydrogen-bond donors (Lipinski definition) is 2. The average Bonchev–Trinajstić information content (AvgIpc) is 2.59. The van der Waals surface area contributed by atoms with Gasteiger partial charge in [0.25, 0.3) is 0 Å². The number of nitrogens with one attached hydrogen (secondary N) is 1. The normalized spacial score (nSPS) is 11.7. The van der Waals surface area contributed by atoms with Crippen LogP contribution in [0.2, 0.25) is 0 Å². The zero-order chi connectivity index (χ0) is 12.5. The van der Waals surface area contributed by atoms with E-state index in [-0.39, 0.29) is 12.3 Å². The number of nitrogens with two attached hydrogens (primary N) is 1. The van der Waals surface area contributed by atoms with Crippen LogP contribution in [0.15, 0.2) is 34.9 Å². The van der Waals surface area contributed by atoms with Crippen LogP contribution in [0, 0.1) is 0 Å². The first-order chi connectivity index (χ1) is 7.96. The van der Waals surface area contributed by atoms with Gasteiger partial charge in [-0.15, -0.1) is 0 Å². The predicted octanol–water partition coefficient (Wildman–Crippen LogP) is 2.50. The Labute approximate surface area is 99.8 Å². The number of anilines is 1. The van der Waals surface area contributed by atoms with Gasteiger partial charge in [0.05, 0.1) is 5.69 Å². The Kier molecular flexibility index (Phi) is 2.90. The van der Waals surface area contributed by atoms with Gasteiger partial charge >= 0.3 is 0 Å². The van der Waals surface area contributed by atoms with Gasteiger partial charge in [-0.1, -0.05) is 12.1 Å². The molecule has 0 fully saturated rings. The molecule has 0 atom stereocenters. The summed E-state index contributed by atoms with van der Waals surface area (Å²) in [6.07, 6.45) is 1.82. The van der Waals surface area contributed by atoms with Crippen molar-refractivity contribution in [3.05, 3.63) is 30.5 Å². The summed E-state index contributed by atoms with van der Waals surface area (Å²) in [4.78, 5) is 11.7. The molecule has 4 nitrogen and oxygen atoms in total. The molecule has 1 heterocycles. The predicted molar refractivity (Wildman–Crippen MR) is 67.7 cm³/mol. The maximum absolute atomic E-state index is 11.7. The first-order valence-corrected chi connectivity index (χ1v) is 5.51. The van der Waals surface area contributed by atoms with Gasteiger partial charge in [-0.25, -0.2) is 0 Å².